The van der Waals surface area contributed by atoms with Crippen molar-refractivity contribution >= 4 is 11.7 Å². The molecule has 0 bridgehead atoms. The molecule has 3 rings (SSSR count). The third kappa shape index (κ3) is 4.59. The van der Waals surface area contributed by atoms with Crippen LogP contribution in [0.4, 0.5) is 5.82 Å². The number of aromatic nitrogens is 1. The predicted octanol–water partition coefficient (Wildman–Crippen LogP) is 3.63. The van der Waals surface area contributed by atoms with Gasteiger partial charge < -0.3 is 9.80 Å². The Morgan fingerprint density at radius 2 is 2.00 bits per heavy atom. The number of carbonyl (C=O) groups is 1. The summed E-state index contributed by atoms with van der Waals surface area (Å²) in [6.45, 7) is 2.11. The lowest BCUT2D eigenvalue weighted by Crippen LogP contribution is -2.36. The molecule has 2 heterocycles. The van der Waals surface area contributed by atoms with Gasteiger partial charge in [-0.05, 0) is 49.3 Å². The summed E-state index contributed by atoms with van der Waals surface area (Å²) < 4.78 is 0. The molecule has 1 aromatic heterocycles. The van der Waals surface area contributed by atoms with Crippen LogP contribution in [0.3, 0.4) is 0 Å². The highest BCUT2D eigenvalue weighted by Gasteiger charge is 2.21. The van der Waals surface area contributed by atoms with E-state index in [-0.39, 0.29) is 5.91 Å². The van der Waals surface area contributed by atoms with E-state index in [2.05, 4.69) is 40.2 Å². The van der Waals surface area contributed by atoms with Gasteiger partial charge in [0.05, 0.1) is 5.56 Å². The Bertz CT molecular complexity index is 682. The van der Waals surface area contributed by atoms with Crippen LogP contribution in [0.5, 0.6) is 0 Å². The fourth-order valence-electron chi connectivity index (χ4n) is 3.48. The number of amides is 1. The highest BCUT2D eigenvalue weighted by atomic mass is 16.2. The first-order valence-electron chi connectivity index (χ1n) is 9.10. The van der Waals surface area contributed by atoms with Gasteiger partial charge in [-0.1, -0.05) is 30.3 Å². The lowest BCUT2D eigenvalue weighted by atomic mass is 9.91. The van der Waals surface area contributed by atoms with Gasteiger partial charge in [-0.15, -0.1) is 0 Å². The smallest absolute Gasteiger partial charge is 0.254 e. The Morgan fingerprint density at radius 1 is 1.20 bits per heavy atom. The van der Waals surface area contributed by atoms with Crippen LogP contribution in [0.25, 0.3) is 0 Å². The van der Waals surface area contributed by atoms with E-state index in [1.54, 1.807) is 25.2 Å². The van der Waals surface area contributed by atoms with Gasteiger partial charge in [-0.3, -0.25) is 4.79 Å². The highest BCUT2D eigenvalue weighted by Crippen LogP contribution is 2.25. The maximum Gasteiger partial charge on any atom is 0.254 e. The molecular weight excluding hydrogens is 310 g/mol. The number of hydrogen-bond acceptors (Lipinski definition) is 3. The molecule has 1 aliphatic rings. The summed E-state index contributed by atoms with van der Waals surface area (Å²) in [4.78, 5) is 20.5. The van der Waals surface area contributed by atoms with Crippen LogP contribution >= 0.6 is 0 Å². The van der Waals surface area contributed by atoms with Crippen LogP contribution in [0, 0.1) is 5.92 Å². The van der Waals surface area contributed by atoms with Crippen LogP contribution in [0.15, 0.2) is 48.7 Å². The number of benzene rings is 1. The van der Waals surface area contributed by atoms with E-state index in [1.165, 1.54) is 24.8 Å². The molecule has 1 aromatic carbocycles. The first-order chi connectivity index (χ1) is 12.1. The lowest BCUT2D eigenvalue weighted by Gasteiger charge is -2.33. The summed E-state index contributed by atoms with van der Waals surface area (Å²) in [5, 5.41) is 0. The van der Waals surface area contributed by atoms with E-state index in [0.29, 0.717) is 11.5 Å². The number of piperidine rings is 1. The van der Waals surface area contributed by atoms with Gasteiger partial charge in [0, 0.05) is 33.4 Å². The maximum atomic E-state index is 12.0. The average Bonchev–Trinajstić information content (AvgIpc) is 2.67. The minimum Gasteiger partial charge on any atom is -0.356 e. The first kappa shape index (κ1) is 17.5. The molecule has 0 N–H and O–H groups in total. The topological polar surface area (TPSA) is 36.4 Å². The van der Waals surface area contributed by atoms with E-state index in [0.717, 1.165) is 25.3 Å². The van der Waals surface area contributed by atoms with Gasteiger partial charge in [0.1, 0.15) is 5.82 Å². The normalized spacial score (nSPS) is 17.4. The monoisotopic (exact) mass is 337 g/mol. The number of carbonyl (C=O) groups excluding carboxylic acids is 1. The molecule has 1 fully saturated rings. The second kappa shape index (κ2) is 8.15. The number of pyridine rings is 1. The van der Waals surface area contributed by atoms with Crippen molar-refractivity contribution < 1.29 is 4.79 Å². The minimum absolute atomic E-state index is 0.00145. The van der Waals surface area contributed by atoms with Crippen LogP contribution < -0.4 is 4.90 Å². The zero-order chi connectivity index (χ0) is 17.6. The molecule has 132 valence electrons. The summed E-state index contributed by atoms with van der Waals surface area (Å²) in [5.74, 6) is 1.69. The maximum absolute atomic E-state index is 12.0. The van der Waals surface area contributed by atoms with Gasteiger partial charge in [0.25, 0.3) is 5.91 Å². The van der Waals surface area contributed by atoms with Crippen LogP contribution in [0.2, 0.25) is 0 Å². The summed E-state index contributed by atoms with van der Waals surface area (Å²) >= 11 is 0. The SMILES string of the molecule is CN(C)C(=O)c1ccc(N2CCC[C@H](CCc3ccccc3)C2)nc1. The van der Waals surface area contributed by atoms with Crippen molar-refractivity contribution in [1.29, 1.82) is 0 Å². The summed E-state index contributed by atoms with van der Waals surface area (Å²) in [5.41, 5.74) is 2.07. The number of nitrogens with zero attached hydrogens (tertiary/aromatic N) is 3. The van der Waals surface area contributed by atoms with E-state index >= 15 is 0 Å². The Morgan fingerprint density at radius 3 is 2.68 bits per heavy atom. The van der Waals surface area contributed by atoms with Gasteiger partial charge in [0.2, 0.25) is 0 Å². The second-order valence-corrected chi connectivity index (χ2v) is 7.08. The number of anilines is 1. The molecule has 0 aliphatic carbocycles. The van der Waals surface area contributed by atoms with E-state index < -0.39 is 0 Å². The Hall–Kier alpha value is -2.36. The standard InChI is InChI=1S/C21H27N3O/c1-23(2)21(25)19-12-13-20(22-15-19)24-14-6-9-18(16-24)11-10-17-7-4-3-5-8-17/h3-5,7-8,12-13,15,18H,6,9-11,14,16H2,1-2H3/t18-/m1/s1. The average molecular weight is 337 g/mol. The summed E-state index contributed by atoms with van der Waals surface area (Å²) in [6.07, 6.45) is 6.56. The highest BCUT2D eigenvalue weighted by molar-refractivity contribution is 5.93. The largest absolute Gasteiger partial charge is 0.356 e. The molecule has 1 aliphatic heterocycles. The van der Waals surface area contributed by atoms with E-state index in [9.17, 15) is 4.79 Å². The first-order valence-corrected chi connectivity index (χ1v) is 9.10. The fourth-order valence-corrected chi connectivity index (χ4v) is 3.48. The van der Waals surface area contributed by atoms with Crippen molar-refractivity contribution in [2.24, 2.45) is 5.92 Å². The van der Waals surface area contributed by atoms with Crippen molar-refractivity contribution in [3.63, 3.8) is 0 Å². The molecular formula is C21H27N3O. The Labute approximate surface area is 150 Å². The third-order valence-corrected chi connectivity index (χ3v) is 4.93. The quantitative estimate of drug-likeness (QED) is 0.836. The molecule has 0 spiro atoms. The number of hydrogen-bond donors (Lipinski definition) is 0. The third-order valence-electron chi connectivity index (χ3n) is 4.93. The van der Waals surface area contributed by atoms with Gasteiger partial charge in [0.15, 0.2) is 0 Å². The van der Waals surface area contributed by atoms with Crippen LogP contribution in [-0.4, -0.2) is 43.0 Å². The molecule has 1 atom stereocenters. The summed E-state index contributed by atoms with van der Waals surface area (Å²) in [7, 11) is 3.52. The van der Waals surface area contributed by atoms with E-state index in [4.69, 9.17) is 0 Å². The van der Waals surface area contributed by atoms with Gasteiger partial charge >= 0.3 is 0 Å². The second-order valence-electron chi connectivity index (χ2n) is 7.08. The predicted molar refractivity (Wildman–Crippen MR) is 102 cm³/mol. The van der Waals surface area contributed by atoms with E-state index in [1.807, 2.05) is 12.1 Å². The number of rotatable bonds is 5. The lowest BCUT2D eigenvalue weighted by molar-refractivity contribution is 0.0827. The molecule has 4 heteroatoms. The van der Waals surface area contributed by atoms with Crippen LogP contribution in [-0.2, 0) is 6.42 Å². The molecule has 4 nitrogen and oxygen atoms in total. The Balaban J connectivity index is 1.58. The van der Waals surface area contributed by atoms with Crippen molar-refractivity contribution in [2.45, 2.75) is 25.7 Å². The fraction of sp³-hybridized carbons (Fsp3) is 0.429. The molecule has 0 unspecified atom stereocenters. The molecule has 2 aromatic rings. The van der Waals surface area contributed by atoms with Crippen molar-refractivity contribution in [3.05, 3.63) is 59.8 Å². The molecule has 25 heavy (non-hydrogen) atoms. The zero-order valence-electron chi connectivity index (χ0n) is 15.2. The van der Waals surface area contributed by atoms with Gasteiger partial charge in [-0.2, -0.15) is 0 Å². The molecule has 0 radical (unpaired) electrons. The summed E-state index contributed by atoms with van der Waals surface area (Å²) in [6, 6.07) is 14.6. The number of aryl methyl sites for hydroxylation is 1. The zero-order valence-corrected chi connectivity index (χ0v) is 15.2. The molecule has 0 saturated carbocycles. The molecule has 1 saturated heterocycles. The van der Waals surface area contributed by atoms with Crippen molar-refractivity contribution in [1.82, 2.24) is 9.88 Å². The van der Waals surface area contributed by atoms with Crippen LogP contribution in [0.1, 0.15) is 35.2 Å². The van der Waals surface area contributed by atoms with Crippen molar-refractivity contribution in [2.75, 3.05) is 32.1 Å². The molecule has 1 amide bonds. The Kier molecular flexibility index (Phi) is 5.69. The van der Waals surface area contributed by atoms with Crippen molar-refractivity contribution in [3.8, 4) is 0 Å². The van der Waals surface area contributed by atoms with Gasteiger partial charge in [-0.25, -0.2) is 4.98 Å². The minimum atomic E-state index is -0.00145.